The summed E-state index contributed by atoms with van der Waals surface area (Å²) in [6.07, 6.45) is 3.50. The van der Waals surface area contributed by atoms with Crippen molar-refractivity contribution in [2.45, 2.75) is 0 Å². The normalized spacial score (nSPS) is 11.0. The highest BCUT2D eigenvalue weighted by Gasteiger charge is 2.03. The Labute approximate surface area is 116 Å². The summed E-state index contributed by atoms with van der Waals surface area (Å²) in [6.45, 7) is 0. The molecule has 0 aliphatic carbocycles. The van der Waals surface area contributed by atoms with E-state index in [-0.39, 0.29) is 0 Å². The Kier molecular flexibility index (Phi) is 2.46. The van der Waals surface area contributed by atoms with Gasteiger partial charge in [0.2, 0.25) is 0 Å². The zero-order valence-electron chi connectivity index (χ0n) is 10.7. The molecule has 1 heterocycles. The van der Waals surface area contributed by atoms with Gasteiger partial charge in [0.1, 0.15) is 0 Å². The third kappa shape index (κ3) is 1.82. The van der Waals surface area contributed by atoms with Crippen molar-refractivity contribution in [2.75, 3.05) is 0 Å². The Bertz CT molecular complexity index is 899. The Morgan fingerprint density at radius 1 is 0.700 bits per heavy atom. The van der Waals surface area contributed by atoms with E-state index in [0.717, 1.165) is 10.9 Å². The summed E-state index contributed by atoms with van der Waals surface area (Å²) in [5.41, 5.74) is 0.924. The number of aromatic nitrogens is 2. The molecule has 93 valence electrons. The number of hydrogen-bond acceptors (Lipinski definition) is 2. The molecule has 2 heteroatoms. The van der Waals surface area contributed by atoms with Gasteiger partial charge in [-0.3, -0.25) is 0 Å². The fourth-order valence-corrected chi connectivity index (χ4v) is 2.43. The molecular weight excluding hydrogens is 244 g/mol. The van der Waals surface area contributed by atoms with E-state index < -0.39 is 0 Å². The number of rotatable bonds is 1. The predicted molar refractivity (Wildman–Crippen MR) is 81.3 cm³/mol. The van der Waals surface area contributed by atoms with Crippen LogP contribution in [0.5, 0.6) is 0 Å². The maximum Gasteiger partial charge on any atom is 0.159 e. The monoisotopic (exact) mass is 255 g/mol. The second kappa shape index (κ2) is 4.42. The second-order valence-corrected chi connectivity index (χ2v) is 4.73. The average Bonchev–Trinajstić information content (AvgIpc) is 2.53. The summed E-state index contributed by atoms with van der Waals surface area (Å²) in [6, 6.07) is 22.1. The Morgan fingerprint density at radius 2 is 1.45 bits per heavy atom. The van der Waals surface area contributed by atoms with E-state index in [1.54, 1.807) is 12.4 Å². The van der Waals surface area contributed by atoms with E-state index in [9.17, 15) is 0 Å². The molecule has 0 atom stereocenters. The van der Waals surface area contributed by atoms with Gasteiger partial charge < -0.3 is 0 Å². The lowest BCUT2D eigenvalue weighted by atomic mass is 10.0. The Morgan fingerprint density at radius 3 is 2.25 bits per heavy atom. The molecule has 0 N–H and O–H groups in total. The lowest BCUT2D eigenvalue weighted by Gasteiger charge is -2.04. The number of benzene rings is 3. The van der Waals surface area contributed by atoms with Gasteiger partial charge in [-0.1, -0.05) is 30.3 Å². The summed E-state index contributed by atoms with van der Waals surface area (Å²) in [4.78, 5) is 8.55. The summed E-state index contributed by atoms with van der Waals surface area (Å²) >= 11 is 0. The quantitative estimate of drug-likeness (QED) is 0.475. The van der Waals surface area contributed by atoms with Crippen molar-refractivity contribution in [3.8, 4) is 11.4 Å². The molecule has 20 heavy (non-hydrogen) atoms. The molecule has 3 aromatic carbocycles. The molecule has 4 rings (SSSR count). The molecule has 0 amide bonds. The van der Waals surface area contributed by atoms with Crippen LogP contribution in [0.15, 0.2) is 67.0 Å². The van der Waals surface area contributed by atoms with Crippen LogP contribution < -0.4 is 0 Å². The summed E-state index contributed by atoms with van der Waals surface area (Å²) in [5, 5.41) is 4.75. The summed E-state index contributed by atoms with van der Waals surface area (Å²) in [7, 11) is 0. The van der Waals surface area contributed by atoms with E-state index in [1.165, 1.54) is 16.2 Å². The molecule has 0 unspecified atom stereocenters. The first kappa shape index (κ1) is 11.1. The maximum absolute atomic E-state index is 4.28. The zero-order chi connectivity index (χ0) is 13.4. The topological polar surface area (TPSA) is 25.8 Å². The third-order valence-corrected chi connectivity index (χ3v) is 3.42. The zero-order valence-corrected chi connectivity index (χ0v) is 10.7. The molecule has 1 aromatic heterocycles. The first-order chi connectivity index (χ1) is 9.90. The first-order valence-corrected chi connectivity index (χ1v) is 6.52. The molecule has 0 bridgehead atoms. The molecule has 4 aromatic rings. The van der Waals surface area contributed by atoms with Crippen molar-refractivity contribution < 1.29 is 0 Å². The number of nitrogens with zero attached hydrogens (tertiary/aromatic N) is 2. The van der Waals surface area contributed by atoms with Gasteiger partial charge in [0.15, 0.2) is 5.82 Å². The van der Waals surface area contributed by atoms with Crippen LogP contribution in [0.1, 0.15) is 0 Å². The van der Waals surface area contributed by atoms with Gasteiger partial charge >= 0.3 is 0 Å². The van der Waals surface area contributed by atoms with Crippen LogP contribution in [0.3, 0.4) is 0 Å². The summed E-state index contributed by atoms with van der Waals surface area (Å²) < 4.78 is 0. The van der Waals surface area contributed by atoms with Gasteiger partial charge in [0, 0.05) is 24.0 Å². The van der Waals surface area contributed by atoms with Crippen LogP contribution >= 0.6 is 0 Å². The maximum atomic E-state index is 4.28. The van der Waals surface area contributed by atoms with Gasteiger partial charge in [-0.15, -0.1) is 0 Å². The van der Waals surface area contributed by atoms with Gasteiger partial charge in [-0.05, 0) is 45.8 Å². The van der Waals surface area contributed by atoms with Crippen molar-refractivity contribution >= 4 is 21.5 Å². The van der Waals surface area contributed by atoms with E-state index in [2.05, 4.69) is 58.5 Å². The number of fused-ring (bicyclic) bond motifs is 2. The second-order valence-electron chi connectivity index (χ2n) is 4.73. The van der Waals surface area contributed by atoms with E-state index in [1.807, 2.05) is 12.1 Å². The van der Waals surface area contributed by atoms with E-state index in [4.69, 9.17) is 0 Å². The van der Waals surface area contributed by atoms with E-state index in [0.29, 0.717) is 5.82 Å². The fourth-order valence-electron chi connectivity index (χ4n) is 2.43. The molecular formula is C18H11N2. The molecule has 0 aliphatic heterocycles. The molecule has 0 spiro atoms. The Hall–Kier alpha value is -2.74. The highest BCUT2D eigenvalue weighted by molar-refractivity contribution is 5.99. The standard InChI is InChI=1S/C18H11N2/c1-2-5-14-11-17-12-16(18-19-8-3-9-20-18)7-6-15(17)10-13(14)4-1/h1-11H. The smallest absolute Gasteiger partial charge is 0.159 e. The summed E-state index contributed by atoms with van der Waals surface area (Å²) in [5.74, 6) is 0.711. The molecule has 2 nitrogen and oxygen atoms in total. The van der Waals surface area contributed by atoms with Gasteiger partial charge in [0.25, 0.3) is 0 Å². The average molecular weight is 255 g/mol. The minimum atomic E-state index is 0.711. The van der Waals surface area contributed by atoms with Gasteiger partial charge in [-0.25, -0.2) is 9.97 Å². The van der Waals surface area contributed by atoms with Crippen LogP contribution in [-0.2, 0) is 0 Å². The highest BCUT2D eigenvalue weighted by atomic mass is 14.8. The Balaban J connectivity index is 1.97. The molecule has 0 aliphatic rings. The first-order valence-electron chi connectivity index (χ1n) is 6.52. The van der Waals surface area contributed by atoms with Gasteiger partial charge in [-0.2, -0.15) is 0 Å². The third-order valence-electron chi connectivity index (χ3n) is 3.42. The van der Waals surface area contributed by atoms with Crippen LogP contribution in [0.2, 0.25) is 0 Å². The van der Waals surface area contributed by atoms with Crippen molar-refractivity contribution in [3.63, 3.8) is 0 Å². The molecule has 0 fully saturated rings. The minimum absolute atomic E-state index is 0.711. The molecule has 0 saturated heterocycles. The van der Waals surface area contributed by atoms with Crippen molar-refractivity contribution in [1.82, 2.24) is 9.97 Å². The van der Waals surface area contributed by atoms with Crippen molar-refractivity contribution in [2.24, 2.45) is 0 Å². The van der Waals surface area contributed by atoms with Crippen LogP contribution in [-0.4, -0.2) is 9.97 Å². The van der Waals surface area contributed by atoms with Crippen LogP contribution in [0.4, 0.5) is 0 Å². The minimum Gasteiger partial charge on any atom is -0.237 e. The van der Waals surface area contributed by atoms with Crippen LogP contribution in [0.25, 0.3) is 32.9 Å². The molecule has 1 radical (unpaired) electrons. The van der Waals surface area contributed by atoms with Crippen molar-refractivity contribution in [1.29, 1.82) is 0 Å². The lowest BCUT2D eigenvalue weighted by molar-refractivity contribution is 1.18. The SMILES string of the molecule is [c]1c(-c2ncccn2)ccc2cc3ccccc3cc12. The van der Waals surface area contributed by atoms with E-state index >= 15 is 0 Å². The largest absolute Gasteiger partial charge is 0.237 e. The van der Waals surface area contributed by atoms with Crippen molar-refractivity contribution in [3.05, 3.63) is 73.1 Å². The number of hydrogen-bond donors (Lipinski definition) is 0. The fraction of sp³-hybridized carbons (Fsp3) is 0. The highest BCUT2D eigenvalue weighted by Crippen LogP contribution is 2.25. The van der Waals surface area contributed by atoms with Crippen LogP contribution in [0, 0.1) is 6.07 Å². The van der Waals surface area contributed by atoms with Gasteiger partial charge in [0.05, 0.1) is 0 Å². The lowest BCUT2D eigenvalue weighted by Crippen LogP contribution is -1.87. The molecule has 0 saturated carbocycles. The predicted octanol–water partition coefficient (Wildman–Crippen LogP) is 4.25.